The van der Waals surface area contributed by atoms with E-state index in [0.717, 1.165) is 38.5 Å². The van der Waals surface area contributed by atoms with Crippen LogP contribution in [0.1, 0.15) is 71.6 Å². The van der Waals surface area contributed by atoms with E-state index in [-0.39, 0.29) is 32.5 Å². The maximum atomic E-state index is 10.6. The normalized spacial score (nSPS) is 9.52. The molecule has 0 heterocycles. The molecule has 0 spiro atoms. The SMILES string of the molecule is CCOC(=O)CC(=O)OCC.O=C(O)CCCCCCCCC(=O)O. The summed E-state index contributed by atoms with van der Waals surface area (Å²) in [6.45, 7) is 3.95. The Bertz CT molecular complexity index is 356. The van der Waals surface area contributed by atoms with Crippen LogP contribution in [0.15, 0.2) is 0 Å². The summed E-state index contributed by atoms with van der Waals surface area (Å²) in [5.41, 5.74) is 0. The van der Waals surface area contributed by atoms with Crippen LogP contribution in [0.25, 0.3) is 0 Å². The number of carboxylic acid groups (broad SMARTS) is 2. The Balaban J connectivity index is 0. The molecule has 0 saturated carbocycles. The smallest absolute Gasteiger partial charge is 0.317 e. The van der Waals surface area contributed by atoms with Crippen molar-refractivity contribution in [3.05, 3.63) is 0 Å². The molecule has 0 amide bonds. The second kappa shape index (κ2) is 18.2. The molecular weight excluding hydrogens is 332 g/mol. The number of hydrogen-bond acceptors (Lipinski definition) is 6. The Kier molecular flexibility index (Phi) is 18.3. The molecule has 0 aromatic carbocycles. The van der Waals surface area contributed by atoms with E-state index in [1.165, 1.54) is 0 Å². The summed E-state index contributed by atoms with van der Waals surface area (Å²) >= 11 is 0. The van der Waals surface area contributed by atoms with E-state index in [0.29, 0.717) is 0 Å². The number of unbranched alkanes of at least 4 members (excludes halogenated alkanes) is 5. The Morgan fingerprint density at radius 1 is 0.640 bits per heavy atom. The monoisotopic (exact) mass is 362 g/mol. The maximum Gasteiger partial charge on any atom is 0.317 e. The van der Waals surface area contributed by atoms with Gasteiger partial charge < -0.3 is 19.7 Å². The molecule has 0 aliphatic rings. The van der Waals surface area contributed by atoms with E-state index in [1.54, 1.807) is 13.8 Å². The highest BCUT2D eigenvalue weighted by Crippen LogP contribution is 2.08. The molecule has 0 aliphatic carbocycles. The third kappa shape index (κ3) is 24.3. The molecule has 0 bridgehead atoms. The number of rotatable bonds is 13. The van der Waals surface area contributed by atoms with Crippen molar-refractivity contribution in [1.29, 1.82) is 0 Å². The summed E-state index contributed by atoms with van der Waals surface area (Å²) in [6, 6.07) is 0. The fourth-order valence-electron chi connectivity index (χ4n) is 1.80. The first kappa shape index (κ1) is 25.1. The number of esters is 2. The standard InChI is InChI=1S/C10H18O4.C7H12O4/c11-9(12)7-5-3-1-2-4-6-8-10(13)14;1-3-10-6(8)5-7(9)11-4-2/h1-8H2,(H,11,12)(H,13,14);3-5H2,1-2H3. The van der Waals surface area contributed by atoms with E-state index in [1.807, 2.05) is 0 Å². The minimum Gasteiger partial charge on any atom is -0.481 e. The highest BCUT2D eigenvalue weighted by atomic mass is 16.6. The minimum absolute atomic E-state index is 0.245. The summed E-state index contributed by atoms with van der Waals surface area (Å²) in [4.78, 5) is 41.5. The van der Waals surface area contributed by atoms with Crippen LogP contribution in [-0.2, 0) is 28.7 Å². The van der Waals surface area contributed by atoms with E-state index >= 15 is 0 Å². The Labute approximate surface area is 148 Å². The number of carbonyl (C=O) groups is 4. The van der Waals surface area contributed by atoms with Gasteiger partial charge in [0.25, 0.3) is 0 Å². The molecule has 0 rings (SSSR count). The molecule has 0 unspecified atom stereocenters. The summed E-state index contributed by atoms with van der Waals surface area (Å²) in [7, 11) is 0. The first-order chi connectivity index (χ1) is 11.8. The third-order valence-electron chi connectivity index (χ3n) is 2.93. The van der Waals surface area contributed by atoms with Crippen LogP contribution in [0.5, 0.6) is 0 Å². The molecule has 25 heavy (non-hydrogen) atoms. The van der Waals surface area contributed by atoms with Crippen LogP contribution in [0.3, 0.4) is 0 Å². The van der Waals surface area contributed by atoms with Gasteiger partial charge in [0.05, 0.1) is 13.2 Å². The molecule has 0 radical (unpaired) electrons. The van der Waals surface area contributed by atoms with Crippen molar-refractivity contribution < 1.29 is 38.9 Å². The average molecular weight is 362 g/mol. The van der Waals surface area contributed by atoms with E-state index in [2.05, 4.69) is 9.47 Å². The predicted octanol–water partition coefficient (Wildman–Crippen LogP) is 2.78. The van der Waals surface area contributed by atoms with Crippen molar-refractivity contribution in [2.45, 2.75) is 71.6 Å². The van der Waals surface area contributed by atoms with Gasteiger partial charge in [-0.3, -0.25) is 19.2 Å². The second-order valence-corrected chi connectivity index (χ2v) is 5.20. The number of hydrogen-bond donors (Lipinski definition) is 2. The molecule has 0 saturated heterocycles. The van der Waals surface area contributed by atoms with Crippen LogP contribution in [0.2, 0.25) is 0 Å². The van der Waals surface area contributed by atoms with Crippen molar-refractivity contribution in [3.8, 4) is 0 Å². The summed E-state index contributed by atoms with van der Waals surface area (Å²) in [5.74, 6) is -2.55. The maximum absolute atomic E-state index is 10.6. The van der Waals surface area contributed by atoms with E-state index < -0.39 is 23.9 Å². The topological polar surface area (TPSA) is 127 Å². The quantitative estimate of drug-likeness (QED) is 0.291. The Morgan fingerprint density at radius 2 is 0.960 bits per heavy atom. The van der Waals surface area contributed by atoms with Crippen LogP contribution >= 0.6 is 0 Å². The lowest BCUT2D eigenvalue weighted by Gasteiger charge is -2.00. The molecule has 146 valence electrons. The largest absolute Gasteiger partial charge is 0.481 e. The lowest BCUT2D eigenvalue weighted by Crippen LogP contribution is -2.13. The predicted molar refractivity (Wildman–Crippen MR) is 90.1 cm³/mol. The lowest BCUT2D eigenvalue weighted by molar-refractivity contribution is -0.154. The van der Waals surface area contributed by atoms with Gasteiger partial charge in [-0.25, -0.2) is 0 Å². The van der Waals surface area contributed by atoms with Gasteiger partial charge >= 0.3 is 23.9 Å². The molecule has 0 fully saturated rings. The molecule has 0 aliphatic heterocycles. The van der Waals surface area contributed by atoms with Gasteiger partial charge in [0.2, 0.25) is 0 Å². The van der Waals surface area contributed by atoms with Crippen molar-refractivity contribution in [2.75, 3.05) is 13.2 Å². The number of carboxylic acids is 2. The average Bonchev–Trinajstić information content (AvgIpc) is 2.50. The summed E-state index contributed by atoms with van der Waals surface area (Å²) in [5, 5.41) is 16.7. The van der Waals surface area contributed by atoms with Crippen LogP contribution in [0.4, 0.5) is 0 Å². The van der Waals surface area contributed by atoms with Crippen molar-refractivity contribution >= 4 is 23.9 Å². The van der Waals surface area contributed by atoms with Crippen molar-refractivity contribution in [3.63, 3.8) is 0 Å². The molecule has 8 heteroatoms. The van der Waals surface area contributed by atoms with Gasteiger partial charge in [0.1, 0.15) is 6.42 Å². The lowest BCUT2D eigenvalue weighted by atomic mass is 10.1. The molecule has 0 aromatic heterocycles. The van der Waals surface area contributed by atoms with Gasteiger partial charge in [-0.1, -0.05) is 25.7 Å². The number of aliphatic carboxylic acids is 2. The Morgan fingerprint density at radius 3 is 1.24 bits per heavy atom. The Hall–Kier alpha value is -2.12. The zero-order valence-corrected chi connectivity index (χ0v) is 15.1. The van der Waals surface area contributed by atoms with Gasteiger partial charge in [0.15, 0.2) is 0 Å². The first-order valence-corrected chi connectivity index (χ1v) is 8.58. The van der Waals surface area contributed by atoms with E-state index in [9.17, 15) is 19.2 Å². The fraction of sp³-hybridized carbons (Fsp3) is 0.765. The van der Waals surface area contributed by atoms with Crippen molar-refractivity contribution in [1.82, 2.24) is 0 Å². The third-order valence-corrected chi connectivity index (χ3v) is 2.93. The second-order valence-electron chi connectivity index (χ2n) is 5.20. The van der Waals surface area contributed by atoms with Gasteiger partial charge in [-0.15, -0.1) is 0 Å². The van der Waals surface area contributed by atoms with Crippen LogP contribution < -0.4 is 0 Å². The first-order valence-electron chi connectivity index (χ1n) is 8.58. The molecule has 8 nitrogen and oxygen atoms in total. The van der Waals surface area contributed by atoms with Gasteiger partial charge in [-0.05, 0) is 26.7 Å². The van der Waals surface area contributed by atoms with Crippen LogP contribution in [0, 0.1) is 0 Å². The summed E-state index contributed by atoms with van der Waals surface area (Å²) in [6.07, 6.45) is 5.53. The molecule has 2 N–H and O–H groups in total. The molecule has 0 aromatic rings. The van der Waals surface area contributed by atoms with Gasteiger partial charge in [-0.2, -0.15) is 0 Å². The number of carbonyl (C=O) groups excluding carboxylic acids is 2. The minimum atomic E-state index is -0.740. The van der Waals surface area contributed by atoms with E-state index in [4.69, 9.17) is 10.2 Å². The molecular formula is C17H30O8. The van der Waals surface area contributed by atoms with Gasteiger partial charge in [0, 0.05) is 12.8 Å². The van der Waals surface area contributed by atoms with Crippen molar-refractivity contribution in [2.24, 2.45) is 0 Å². The number of ether oxygens (including phenoxy) is 2. The highest BCUT2D eigenvalue weighted by molar-refractivity contribution is 5.91. The summed E-state index contributed by atoms with van der Waals surface area (Å²) < 4.78 is 9.04. The zero-order chi connectivity index (χ0) is 19.5. The van der Waals surface area contributed by atoms with Crippen LogP contribution in [-0.4, -0.2) is 47.3 Å². The fourth-order valence-corrected chi connectivity index (χ4v) is 1.80. The zero-order valence-electron chi connectivity index (χ0n) is 15.1. The highest BCUT2D eigenvalue weighted by Gasteiger charge is 2.09. The molecule has 0 atom stereocenters.